The summed E-state index contributed by atoms with van der Waals surface area (Å²) in [7, 11) is 0. The van der Waals surface area contributed by atoms with Crippen molar-refractivity contribution in [3.8, 4) is 0 Å². The van der Waals surface area contributed by atoms with Crippen molar-refractivity contribution in [3.63, 3.8) is 0 Å². The maximum Gasteiger partial charge on any atom is 0.326 e. The largest absolute Gasteiger partial charge is 0.480 e. The molecule has 0 aliphatic rings. The number of aliphatic carboxylic acids is 1. The third-order valence-electron chi connectivity index (χ3n) is 3.62. The predicted octanol–water partition coefficient (Wildman–Crippen LogP) is -1.50. The van der Waals surface area contributed by atoms with Gasteiger partial charge in [0.15, 0.2) is 0 Å². The average Bonchev–Trinajstić information content (AvgIpc) is 2.51. The van der Waals surface area contributed by atoms with E-state index in [0.29, 0.717) is 13.0 Å². The molecule has 0 spiro atoms. The lowest BCUT2D eigenvalue weighted by Crippen LogP contribution is -2.56. The van der Waals surface area contributed by atoms with E-state index in [1.54, 1.807) is 13.8 Å². The number of nitrogens with one attached hydrogen (secondary N) is 2. The van der Waals surface area contributed by atoms with Crippen molar-refractivity contribution in [1.82, 2.24) is 10.6 Å². The second-order valence-electron chi connectivity index (χ2n) is 6.10. The van der Waals surface area contributed by atoms with E-state index in [4.69, 9.17) is 22.3 Å². The summed E-state index contributed by atoms with van der Waals surface area (Å²) in [5.41, 5.74) is 16.6. The molecule has 2 amide bonds. The Labute approximate surface area is 142 Å². The zero-order chi connectivity index (χ0) is 18.7. The zero-order valence-corrected chi connectivity index (χ0v) is 14.5. The molecule has 0 fully saturated rings. The first-order valence-electron chi connectivity index (χ1n) is 8.23. The van der Waals surface area contributed by atoms with Crippen molar-refractivity contribution in [2.45, 2.75) is 57.7 Å². The molecular formula is C15H31N5O4. The average molecular weight is 345 g/mol. The van der Waals surface area contributed by atoms with Gasteiger partial charge in [0.05, 0.1) is 6.04 Å². The van der Waals surface area contributed by atoms with E-state index >= 15 is 0 Å². The summed E-state index contributed by atoms with van der Waals surface area (Å²) < 4.78 is 0. The smallest absolute Gasteiger partial charge is 0.326 e. The van der Waals surface area contributed by atoms with Crippen LogP contribution >= 0.6 is 0 Å². The molecule has 0 heterocycles. The van der Waals surface area contributed by atoms with Crippen LogP contribution in [0.25, 0.3) is 0 Å². The molecule has 0 aliphatic heterocycles. The predicted molar refractivity (Wildman–Crippen MR) is 90.9 cm³/mol. The van der Waals surface area contributed by atoms with Gasteiger partial charge in [-0.2, -0.15) is 0 Å². The van der Waals surface area contributed by atoms with Gasteiger partial charge in [-0.1, -0.05) is 20.3 Å². The Bertz CT molecular complexity index is 417. The van der Waals surface area contributed by atoms with Crippen LogP contribution in [0.4, 0.5) is 0 Å². The second kappa shape index (κ2) is 11.8. The first kappa shape index (κ1) is 22.3. The Kier molecular flexibility index (Phi) is 10.9. The first-order chi connectivity index (χ1) is 11.2. The molecule has 9 heteroatoms. The van der Waals surface area contributed by atoms with E-state index in [1.807, 2.05) is 0 Å². The molecule has 24 heavy (non-hydrogen) atoms. The van der Waals surface area contributed by atoms with Crippen LogP contribution in [-0.4, -0.2) is 54.1 Å². The van der Waals surface area contributed by atoms with Gasteiger partial charge in [-0.25, -0.2) is 4.79 Å². The van der Waals surface area contributed by atoms with E-state index < -0.39 is 35.9 Å². The van der Waals surface area contributed by atoms with Crippen LogP contribution in [0.3, 0.4) is 0 Å². The van der Waals surface area contributed by atoms with E-state index in [9.17, 15) is 14.4 Å². The van der Waals surface area contributed by atoms with Gasteiger partial charge in [0.1, 0.15) is 12.1 Å². The number of amides is 2. The van der Waals surface area contributed by atoms with Crippen LogP contribution in [0, 0.1) is 5.92 Å². The number of hydrogen-bond donors (Lipinski definition) is 6. The Hall–Kier alpha value is -1.71. The van der Waals surface area contributed by atoms with Gasteiger partial charge in [0, 0.05) is 0 Å². The van der Waals surface area contributed by atoms with Crippen LogP contribution < -0.4 is 27.8 Å². The van der Waals surface area contributed by atoms with E-state index in [0.717, 1.165) is 12.8 Å². The number of carboxylic acids is 1. The van der Waals surface area contributed by atoms with Crippen LogP contribution in [-0.2, 0) is 14.4 Å². The second-order valence-corrected chi connectivity index (χ2v) is 6.10. The molecular weight excluding hydrogens is 314 g/mol. The summed E-state index contributed by atoms with van der Waals surface area (Å²) in [5, 5.41) is 14.1. The summed E-state index contributed by atoms with van der Waals surface area (Å²) in [6.07, 6.45) is 2.08. The van der Waals surface area contributed by atoms with Gasteiger partial charge in [0.2, 0.25) is 11.8 Å². The van der Waals surface area contributed by atoms with Crippen molar-refractivity contribution >= 4 is 17.8 Å². The highest BCUT2D eigenvalue weighted by atomic mass is 16.4. The molecule has 0 aliphatic carbocycles. The molecule has 3 atom stereocenters. The van der Waals surface area contributed by atoms with E-state index in [-0.39, 0.29) is 18.9 Å². The lowest BCUT2D eigenvalue weighted by molar-refractivity contribution is -0.142. The van der Waals surface area contributed by atoms with Gasteiger partial charge in [0.25, 0.3) is 0 Å². The number of carboxylic acid groups (broad SMARTS) is 1. The minimum atomic E-state index is -1.17. The highest BCUT2D eigenvalue weighted by molar-refractivity contribution is 5.91. The van der Waals surface area contributed by atoms with Crippen LogP contribution in [0.15, 0.2) is 0 Å². The third-order valence-corrected chi connectivity index (χ3v) is 3.62. The van der Waals surface area contributed by atoms with Crippen molar-refractivity contribution < 1.29 is 19.5 Å². The first-order valence-corrected chi connectivity index (χ1v) is 8.23. The molecule has 0 aromatic rings. The molecule has 0 unspecified atom stereocenters. The van der Waals surface area contributed by atoms with Crippen molar-refractivity contribution in [3.05, 3.63) is 0 Å². The molecule has 0 saturated carbocycles. The molecule has 9 N–H and O–H groups in total. The Morgan fingerprint density at radius 3 is 2.04 bits per heavy atom. The van der Waals surface area contributed by atoms with Crippen molar-refractivity contribution in [2.24, 2.45) is 23.1 Å². The van der Waals surface area contributed by atoms with Gasteiger partial charge >= 0.3 is 5.97 Å². The van der Waals surface area contributed by atoms with Gasteiger partial charge in [-0.05, 0) is 38.3 Å². The highest BCUT2D eigenvalue weighted by Crippen LogP contribution is 2.05. The van der Waals surface area contributed by atoms with Crippen molar-refractivity contribution in [1.29, 1.82) is 0 Å². The molecule has 0 aromatic heterocycles. The molecule has 0 radical (unpaired) electrons. The number of carbonyl (C=O) groups is 3. The summed E-state index contributed by atoms with van der Waals surface area (Å²) >= 11 is 0. The Morgan fingerprint density at radius 2 is 1.58 bits per heavy atom. The molecule has 0 saturated heterocycles. The number of hydrogen-bond acceptors (Lipinski definition) is 6. The van der Waals surface area contributed by atoms with Gasteiger partial charge in [-0.3, -0.25) is 9.59 Å². The molecule has 0 rings (SSSR count). The normalized spacial score (nSPS) is 14.8. The number of rotatable bonds is 12. The lowest BCUT2D eigenvalue weighted by atomic mass is 10.0. The monoisotopic (exact) mass is 345 g/mol. The molecule has 9 nitrogen and oxygen atoms in total. The minimum Gasteiger partial charge on any atom is -0.480 e. The Balaban J connectivity index is 4.75. The van der Waals surface area contributed by atoms with Crippen LogP contribution in [0.5, 0.6) is 0 Å². The van der Waals surface area contributed by atoms with E-state index in [2.05, 4.69) is 10.6 Å². The zero-order valence-electron chi connectivity index (χ0n) is 14.5. The maximum absolute atomic E-state index is 12.3. The standard InChI is InChI=1S/C15H31N5O4/c1-9(2)12(14(22)19-11(6-8-17)15(23)24)20-13(21)10(18)5-3-4-7-16/h9-12H,3-8,16-18H2,1-2H3,(H,19,22)(H,20,21)(H,23,24)/t10-,11-,12-/m0/s1. The number of nitrogens with two attached hydrogens (primary N) is 3. The molecule has 0 bridgehead atoms. The van der Waals surface area contributed by atoms with Gasteiger partial charge < -0.3 is 32.9 Å². The molecule has 0 aromatic carbocycles. The van der Waals surface area contributed by atoms with Crippen LogP contribution in [0.2, 0.25) is 0 Å². The maximum atomic E-state index is 12.3. The minimum absolute atomic E-state index is 0.110. The highest BCUT2D eigenvalue weighted by Gasteiger charge is 2.29. The number of carbonyl (C=O) groups excluding carboxylic acids is 2. The summed E-state index contributed by atoms with van der Waals surface area (Å²) in [6.45, 7) is 4.16. The summed E-state index contributed by atoms with van der Waals surface area (Å²) in [4.78, 5) is 35.5. The Morgan fingerprint density at radius 1 is 0.958 bits per heavy atom. The summed E-state index contributed by atoms with van der Waals surface area (Å²) in [5.74, 6) is -2.39. The fourth-order valence-corrected chi connectivity index (χ4v) is 2.12. The van der Waals surface area contributed by atoms with Gasteiger partial charge in [-0.15, -0.1) is 0 Å². The quantitative estimate of drug-likeness (QED) is 0.233. The van der Waals surface area contributed by atoms with E-state index in [1.165, 1.54) is 0 Å². The van der Waals surface area contributed by atoms with Crippen LogP contribution in [0.1, 0.15) is 39.5 Å². The van der Waals surface area contributed by atoms with Crippen molar-refractivity contribution in [2.75, 3.05) is 13.1 Å². The topological polar surface area (TPSA) is 174 Å². The summed E-state index contributed by atoms with van der Waals surface area (Å²) in [6, 6.07) is -2.68. The number of unbranched alkanes of at least 4 members (excludes halogenated alkanes) is 1. The fourth-order valence-electron chi connectivity index (χ4n) is 2.12. The molecule has 140 valence electrons. The SMILES string of the molecule is CC(C)[C@H](NC(=O)[C@@H](N)CCCCN)C(=O)N[C@@H](CCN)C(=O)O. The fraction of sp³-hybridized carbons (Fsp3) is 0.800. The third kappa shape index (κ3) is 8.23. The lowest BCUT2D eigenvalue weighted by Gasteiger charge is -2.25.